The largest absolute Gasteiger partial charge is 0 e. The van der Waals surface area contributed by atoms with Gasteiger partial charge in [0, 0.05) is 21.7 Å². The third-order valence-electron chi connectivity index (χ3n) is 0.366. The van der Waals surface area contributed by atoms with E-state index in [-0.39, 0.29) is 73.1 Å². The Bertz CT molecular complexity index is 177. The predicted molar refractivity (Wildman–Crippen MR) is 37.7 cm³/mol. The fourth-order valence-corrected chi connectivity index (χ4v) is 0. The average molecular weight is 268 g/mol. The molecular formula is C4H5KO8Ti. The van der Waals surface area contributed by atoms with Gasteiger partial charge in [0.15, 0.2) is 0 Å². The van der Waals surface area contributed by atoms with Crippen LogP contribution in [0.5, 0.6) is 0 Å². The normalized spacial score (nSPS) is 6.29. The van der Waals surface area contributed by atoms with Gasteiger partial charge >= 0.3 is 75.3 Å². The molecule has 0 rings (SSSR count). The van der Waals surface area contributed by atoms with Crippen LogP contribution < -0.4 is 0 Å². The van der Waals surface area contributed by atoms with E-state index in [1.54, 1.807) is 0 Å². The van der Waals surface area contributed by atoms with Crippen LogP contribution in [0.2, 0.25) is 0 Å². The maximum Gasteiger partial charge on any atom is 0 e. The number of rotatable bonds is 0. The van der Waals surface area contributed by atoms with Gasteiger partial charge in [-0.2, -0.15) is 0 Å². The molecule has 0 aromatic heterocycles. The molecule has 0 radical (unpaired) electrons. The molecule has 0 saturated heterocycles. The number of hydrogen-bond acceptors (Lipinski definition) is 4. The van der Waals surface area contributed by atoms with Crippen molar-refractivity contribution in [3.05, 3.63) is 0 Å². The van der Waals surface area contributed by atoms with E-state index in [4.69, 9.17) is 39.6 Å². The van der Waals surface area contributed by atoms with Gasteiger partial charge in [0.1, 0.15) is 0 Å². The summed E-state index contributed by atoms with van der Waals surface area (Å²) in [6, 6.07) is 0. The quantitative estimate of drug-likeness (QED) is 0.282. The molecule has 0 amide bonds. The first-order valence-corrected chi connectivity index (χ1v) is 2.21. The third-order valence-corrected chi connectivity index (χ3v) is 0.366. The van der Waals surface area contributed by atoms with Gasteiger partial charge in [-0.15, -0.1) is 0 Å². The van der Waals surface area contributed by atoms with Gasteiger partial charge < -0.3 is 20.4 Å². The zero-order valence-corrected chi connectivity index (χ0v) is 7.48. The summed E-state index contributed by atoms with van der Waals surface area (Å²) >= 11 is 0. The molecule has 0 aliphatic carbocycles. The summed E-state index contributed by atoms with van der Waals surface area (Å²) in [6.07, 6.45) is 0. The summed E-state index contributed by atoms with van der Waals surface area (Å²) in [4.78, 5) is 36.4. The van der Waals surface area contributed by atoms with Crippen molar-refractivity contribution >= 4 is 75.3 Å². The standard InChI is InChI=1S/2C2H2O4.K.Ti.H/c2*3-1(4)2(5)6;;;/h2*(H,3,4)(H,5,6);;;. The van der Waals surface area contributed by atoms with E-state index in [2.05, 4.69) is 0 Å². The molecule has 0 aliphatic heterocycles. The Kier molecular flexibility index (Phi) is 22.5. The van der Waals surface area contributed by atoms with Crippen molar-refractivity contribution in [3.63, 3.8) is 0 Å². The molecule has 0 unspecified atom stereocenters. The van der Waals surface area contributed by atoms with Crippen molar-refractivity contribution in [2.45, 2.75) is 0 Å². The number of carboxylic acids is 4. The van der Waals surface area contributed by atoms with E-state index in [1.807, 2.05) is 0 Å². The fourth-order valence-electron chi connectivity index (χ4n) is 0. The molecule has 0 spiro atoms. The van der Waals surface area contributed by atoms with E-state index < -0.39 is 23.9 Å². The molecule has 4 N–H and O–H groups in total. The van der Waals surface area contributed by atoms with Crippen molar-refractivity contribution in [1.82, 2.24) is 0 Å². The third kappa shape index (κ3) is 22.8. The molecule has 0 saturated carbocycles. The van der Waals surface area contributed by atoms with Crippen molar-refractivity contribution in [2.75, 3.05) is 0 Å². The van der Waals surface area contributed by atoms with Crippen LogP contribution in [0, 0.1) is 0 Å². The Morgan fingerprint density at radius 3 is 0.643 bits per heavy atom. The smallest absolute Gasteiger partial charge is 0 e. The maximum atomic E-state index is 9.10. The summed E-state index contributed by atoms with van der Waals surface area (Å²) < 4.78 is 0. The number of carbonyl (C=O) groups is 4. The van der Waals surface area contributed by atoms with Crippen LogP contribution in [0.3, 0.4) is 0 Å². The number of aliphatic carboxylic acids is 4. The van der Waals surface area contributed by atoms with Crippen LogP contribution >= 0.6 is 0 Å². The monoisotopic (exact) mass is 268 g/mol. The summed E-state index contributed by atoms with van der Waals surface area (Å²) in [5.74, 6) is -7.30. The van der Waals surface area contributed by atoms with Gasteiger partial charge in [-0.3, -0.25) is 0 Å². The first kappa shape index (κ1) is 23.8. The SMILES string of the molecule is O=C(O)C(=O)O.O=C(O)C(=O)O.[KH].[Ti]. The first-order valence-electron chi connectivity index (χ1n) is 2.21. The molecule has 8 nitrogen and oxygen atoms in total. The Morgan fingerprint density at radius 2 is 0.643 bits per heavy atom. The van der Waals surface area contributed by atoms with E-state index in [9.17, 15) is 0 Å². The first-order chi connectivity index (χ1) is 5.29. The van der Waals surface area contributed by atoms with Gasteiger partial charge in [-0.1, -0.05) is 0 Å². The van der Waals surface area contributed by atoms with Crippen LogP contribution in [0.15, 0.2) is 0 Å². The second kappa shape index (κ2) is 13.2. The second-order valence-electron chi connectivity index (χ2n) is 1.22. The molecule has 10 heteroatoms. The Balaban J connectivity index is -0.0000000625. The van der Waals surface area contributed by atoms with Crippen LogP contribution in [0.25, 0.3) is 0 Å². The molecule has 0 heterocycles. The molecule has 14 heavy (non-hydrogen) atoms. The summed E-state index contributed by atoms with van der Waals surface area (Å²) in [5.41, 5.74) is 0. The van der Waals surface area contributed by atoms with Crippen LogP contribution in [0.1, 0.15) is 0 Å². The number of carboxylic acid groups (broad SMARTS) is 4. The molecular weight excluding hydrogens is 263 g/mol. The Hall–Kier alpha value is 0.231. The molecule has 0 fully saturated rings. The minimum Gasteiger partial charge on any atom is 0 e. The van der Waals surface area contributed by atoms with Gasteiger partial charge in [0.2, 0.25) is 0 Å². The topological polar surface area (TPSA) is 149 Å². The van der Waals surface area contributed by atoms with Crippen LogP contribution in [-0.2, 0) is 40.9 Å². The predicted octanol–water partition coefficient (Wildman–Crippen LogP) is -2.34. The number of hydrogen-bond donors (Lipinski definition) is 4. The fraction of sp³-hybridized carbons (Fsp3) is 0. The minimum absolute atomic E-state index is 0. The summed E-state index contributed by atoms with van der Waals surface area (Å²) in [6.45, 7) is 0. The van der Waals surface area contributed by atoms with Crippen molar-refractivity contribution in [2.24, 2.45) is 0 Å². The van der Waals surface area contributed by atoms with Crippen molar-refractivity contribution < 1.29 is 61.3 Å². The molecule has 0 aromatic rings. The van der Waals surface area contributed by atoms with Gasteiger partial charge in [0.05, 0.1) is 0 Å². The van der Waals surface area contributed by atoms with E-state index in [1.165, 1.54) is 0 Å². The maximum absolute atomic E-state index is 9.10. The van der Waals surface area contributed by atoms with E-state index >= 15 is 0 Å². The molecule has 74 valence electrons. The molecule has 0 aliphatic rings. The molecule has 0 bridgehead atoms. The van der Waals surface area contributed by atoms with Crippen molar-refractivity contribution in [1.29, 1.82) is 0 Å². The van der Waals surface area contributed by atoms with Gasteiger partial charge in [-0.05, 0) is 0 Å². The van der Waals surface area contributed by atoms with Gasteiger partial charge in [0.25, 0.3) is 0 Å². The Morgan fingerprint density at radius 1 is 0.571 bits per heavy atom. The second-order valence-corrected chi connectivity index (χ2v) is 1.22. The van der Waals surface area contributed by atoms with Crippen LogP contribution in [0.4, 0.5) is 0 Å². The summed E-state index contributed by atoms with van der Waals surface area (Å²) in [5, 5.41) is 29.6. The van der Waals surface area contributed by atoms with E-state index in [0.29, 0.717) is 0 Å². The summed E-state index contributed by atoms with van der Waals surface area (Å²) in [7, 11) is 0. The van der Waals surface area contributed by atoms with Gasteiger partial charge in [-0.25, -0.2) is 19.2 Å². The molecule has 0 atom stereocenters. The zero-order valence-electron chi connectivity index (χ0n) is 5.92. The zero-order chi connectivity index (χ0) is 10.3. The van der Waals surface area contributed by atoms with Crippen LogP contribution in [-0.4, -0.2) is 95.7 Å². The van der Waals surface area contributed by atoms with Crippen molar-refractivity contribution in [3.8, 4) is 0 Å². The van der Waals surface area contributed by atoms with E-state index in [0.717, 1.165) is 0 Å². The average Bonchev–Trinajstić information content (AvgIpc) is 1.88. The Labute approximate surface area is 135 Å². The molecule has 0 aromatic carbocycles. The minimum atomic E-state index is -1.82.